The highest BCUT2D eigenvalue weighted by Crippen LogP contribution is 2.34. The van der Waals surface area contributed by atoms with E-state index < -0.39 is 29.2 Å². The molecule has 138 valence electrons. The van der Waals surface area contributed by atoms with E-state index in [1.165, 1.54) is 12.1 Å². The van der Waals surface area contributed by atoms with Crippen LogP contribution in [0.25, 0.3) is 5.69 Å². The quantitative estimate of drug-likeness (QED) is 0.598. The van der Waals surface area contributed by atoms with E-state index in [1.807, 2.05) is 6.92 Å². The van der Waals surface area contributed by atoms with Crippen molar-refractivity contribution in [1.82, 2.24) is 20.4 Å². The van der Waals surface area contributed by atoms with E-state index in [9.17, 15) is 22.4 Å². The summed E-state index contributed by atoms with van der Waals surface area (Å²) in [5.74, 6) is -1.78. The average molecular weight is 381 g/mol. The van der Waals surface area contributed by atoms with E-state index >= 15 is 0 Å². The minimum absolute atomic E-state index is 0. The molecule has 0 atom stereocenters. The number of carbonyl (C=O) groups excluding carboxylic acids is 1. The van der Waals surface area contributed by atoms with Gasteiger partial charge in [-0.15, -0.1) is 12.4 Å². The fraction of sp³-hybridized carbons (Fsp3) is 0.333. The fourth-order valence-corrected chi connectivity index (χ4v) is 2.13. The number of nitrogens with one attached hydrogen (secondary N) is 2. The van der Waals surface area contributed by atoms with Crippen molar-refractivity contribution >= 4 is 18.3 Å². The Hall–Kier alpha value is -2.13. The van der Waals surface area contributed by atoms with Gasteiger partial charge in [-0.25, -0.2) is 9.07 Å². The first-order valence-electron chi connectivity index (χ1n) is 7.25. The predicted molar refractivity (Wildman–Crippen MR) is 86.6 cm³/mol. The molecule has 0 radical (unpaired) electrons. The zero-order chi connectivity index (χ0) is 17.7. The normalized spacial score (nSPS) is 11.1. The van der Waals surface area contributed by atoms with Crippen LogP contribution < -0.4 is 10.6 Å². The molecule has 10 heteroatoms. The Bertz CT molecular complexity index is 718. The molecule has 0 aliphatic rings. The number of benzene rings is 1. The molecular weight excluding hydrogens is 364 g/mol. The lowest BCUT2D eigenvalue weighted by Gasteiger charge is -2.13. The minimum Gasteiger partial charge on any atom is -0.351 e. The van der Waals surface area contributed by atoms with Crippen LogP contribution in [0.2, 0.25) is 0 Å². The van der Waals surface area contributed by atoms with Gasteiger partial charge in [0.15, 0.2) is 5.69 Å². The first-order valence-corrected chi connectivity index (χ1v) is 7.25. The number of likely N-dealkylation sites (N-methyl/N-ethyl adjacent to an activating group) is 1. The van der Waals surface area contributed by atoms with E-state index in [4.69, 9.17) is 0 Å². The van der Waals surface area contributed by atoms with Crippen LogP contribution >= 0.6 is 12.4 Å². The Balaban J connectivity index is 0.00000312. The number of halogens is 5. The highest BCUT2D eigenvalue weighted by molar-refractivity contribution is 5.95. The highest BCUT2D eigenvalue weighted by atomic mass is 35.5. The van der Waals surface area contributed by atoms with Crippen LogP contribution in [0.1, 0.15) is 23.0 Å². The van der Waals surface area contributed by atoms with Crippen molar-refractivity contribution in [1.29, 1.82) is 0 Å². The fourth-order valence-electron chi connectivity index (χ4n) is 2.13. The van der Waals surface area contributed by atoms with Crippen LogP contribution in [0.4, 0.5) is 17.6 Å². The van der Waals surface area contributed by atoms with E-state index in [-0.39, 0.29) is 24.6 Å². The van der Waals surface area contributed by atoms with Crippen molar-refractivity contribution < 1.29 is 22.4 Å². The number of alkyl halides is 3. The van der Waals surface area contributed by atoms with Gasteiger partial charge in [0, 0.05) is 13.1 Å². The van der Waals surface area contributed by atoms with Gasteiger partial charge in [0.2, 0.25) is 0 Å². The second-order valence-electron chi connectivity index (χ2n) is 4.88. The van der Waals surface area contributed by atoms with Crippen molar-refractivity contribution in [2.24, 2.45) is 0 Å². The Morgan fingerprint density at radius 3 is 2.52 bits per heavy atom. The molecule has 2 aromatic rings. The summed E-state index contributed by atoms with van der Waals surface area (Å²) in [6.07, 6.45) is -4.08. The SMILES string of the molecule is CCNCCNC(=O)c1cnn(-c2ccccc2F)c1C(F)(F)F.Cl. The van der Waals surface area contributed by atoms with E-state index in [2.05, 4.69) is 15.7 Å². The Morgan fingerprint density at radius 2 is 1.92 bits per heavy atom. The lowest BCUT2D eigenvalue weighted by Crippen LogP contribution is -2.33. The molecule has 1 amide bonds. The number of aromatic nitrogens is 2. The van der Waals surface area contributed by atoms with Gasteiger partial charge in [-0.1, -0.05) is 19.1 Å². The van der Waals surface area contributed by atoms with E-state index in [0.717, 1.165) is 18.3 Å². The summed E-state index contributed by atoms with van der Waals surface area (Å²) in [5, 5.41) is 8.87. The van der Waals surface area contributed by atoms with Crippen molar-refractivity contribution in [3.8, 4) is 5.69 Å². The molecule has 1 heterocycles. The summed E-state index contributed by atoms with van der Waals surface area (Å²) >= 11 is 0. The van der Waals surface area contributed by atoms with Gasteiger partial charge in [0.1, 0.15) is 11.5 Å². The Morgan fingerprint density at radius 1 is 1.24 bits per heavy atom. The maximum Gasteiger partial charge on any atom is 0.434 e. The van der Waals surface area contributed by atoms with E-state index in [0.29, 0.717) is 17.8 Å². The Kier molecular flexibility index (Phi) is 7.38. The van der Waals surface area contributed by atoms with Gasteiger partial charge >= 0.3 is 6.18 Å². The maximum atomic E-state index is 13.8. The van der Waals surface area contributed by atoms with Crippen LogP contribution in [-0.4, -0.2) is 35.3 Å². The summed E-state index contributed by atoms with van der Waals surface area (Å²) in [7, 11) is 0. The molecule has 25 heavy (non-hydrogen) atoms. The van der Waals surface area contributed by atoms with Gasteiger partial charge < -0.3 is 10.6 Å². The number of nitrogens with zero attached hydrogens (tertiary/aromatic N) is 2. The first kappa shape index (κ1) is 20.9. The monoisotopic (exact) mass is 380 g/mol. The largest absolute Gasteiger partial charge is 0.434 e. The van der Waals surface area contributed by atoms with Gasteiger partial charge in [0.25, 0.3) is 5.91 Å². The first-order chi connectivity index (χ1) is 11.4. The van der Waals surface area contributed by atoms with E-state index in [1.54, 1.807) is 0 Å². The van der Waals surface area contributed by atoms with Crippen LogP contribution in [0.3, 0.4) is 0 Å². The zero-order valence-electron chi connectivity index (χ0n) is 13.2. The van der Waals surface area contributed by atoms with Crippen molar-refractivity contribution in [2.75, 3.05) is 19.6 Å². The maximum absolute atomic E-state index is 13.8. The topological polar surface area (TPSA) is 58.9 Å². The second-order valence-corrected chi connectivity index (χ2v) is 4.88. The molecule has 0 spiro atoms. The molecule has 1 aromatic heterocycles. The summed E-state index contributed by atoms with van der Waals surface area (Å²) in [6.45, 7) is 3.12. The number of rotatable bonds is 6. The number of hydrogen-bond acceptors (Lipinski definition) is 3. The third-order valence-corrected chi connectivity index (χ3v) is 3.20. The predicted octanol–water partition coefficient (Wildman–Crippen LogP) is 2.79. The molecule has 1 aromatic carbocycles. The van der Waals surface area contributed by atoms with Crippen LogP contribution in [-0.2, 0) is 6.18 Å². The summed E-state index contributed by atoms with van der Waals surface area (Å²) < 4.78 is 54.4. The lowest BCUT2D eigenvalue weighted by molar-refractivity contribution is -0.143. The average Bonchev–Trinajstić information content (AvgIpc) is 2.97. The standard InChI is InChI=1S/C15H16F4N4O.ClH/c1-2-20-7-8-21-14(24)10-9-22-23(13(10)15(17,18)19)12-6-4-3-5-11(12)16;/h3-6,9,20H,2,7-8H2,1H3,(H,21,24);1H. The molecule has 0 saturated carbocycles. The molecule has 5 nitrogen and oxygen atoms in total. The lowest BCUT2D eigenvalue weighted by atomic mass is 10.2. The molecule has 0 fully saturated rings. The highest BCUT2D eigenvalue weighted by Gasteiger charge is 2.40. The van der Waals surface area contributed by atoms with Crippen LogP contribution in [0.15, 0.2) is 30.5 Å². The number of hydrogen-bond donors (Lipinski definition) is 2. The molecule has 0 saturated heterocycles. The van der Waals surface area contributed by atoms with Gasteiger partial charge in [-0.3, -0.25) is 4.79 Å². The zero-order valence-corrected chi connectivity index (χ0v) is 14.0. The molecular formula is C15H17ClF4N4O. The molecule has 2 N–H and O–H groups in total. The van der Waals surface area contributed by atoms with Gasteiger partial charge in [-0.05, 0) is 18.7 Å². The van der Waals surface area contributed by atoms with Crippen molar-refractivity contribution in [3.63, 3.8) is 0 Å². The molecule has 0 unspecified atom stereocenters. The summed E-state index contributed by atoms with van der Waals surface area (Å²) in [6, 6.07) is 4.91. The number of amides is 1. The second kappa shape index (κ2) is 8.82. The van der Waals surface area contributed by atoms with Crippen molar-refractivity contribution in [3.05, 3.63) is 47.5 Å². The smallest absolute Gasteiger partial charge is 0.351 e. The number of carbonyl (C=O) groups is 1. The van der Waals surface area contributed by atoms with Gasteiger partial charge in [-0.2, -0.15) is 18.3 Å². The third kappa shape index (κ3) is 4.93. The van der Waals surface area contributed by atoms with Crippen LogP contribution in [0, 0.1) is 5.82 Å². The van der Waals surface area contributed by atoms with Crippen LogP contribution in [0.5, 0.6) is 0 Å². The van der Waals surface area contributed by atoms with Crippen molar-refractivity contribution in [2.45, 2.75) is 13.1 Å². The Labute approximate surface area is 147 Å². The molecule has 0 aliphatic heterocycles. The molecule has 0 bridgehead atoms. The third-order valence-electron chi connectivity index (χ3n) is 3.20. The number of para-hydroxylation sites is 1. The van der Waals surface area contributed by atoms with Gasteiger partial charge in [0.05, 0.1) is 11.8 Å². The molecule has 0 aliphatic carbocycles. The minimum atomic E-state index is -4.87. The molecule has 2 rings (SSSR count). The summed E-state index contributed by atoms with van der Waals surface area (Å²) in [4.78, 5) is 12.0. The summed E-state index contributed by atoms with van der Waals surface area (Å²) in [5.41, 5.74) is -2.34.